The number of hydrogen-bond acceptors (Lipinski definition) is 5. The minimum Gasteiger partial charge on any atom is -0.391 e. The molecule has 8 heteroatoms. The first kappa shape index (κ1) is 24.4. The Balaban J connectivity index is 1.52. The topological polar surface area (TPSA) is 99.5 Å². The van der Waals surface area contributed by atoms with Crippen molar-refractivity contribution in [1.82, 2.24) is 25.3 Å². The fourth-order valence-corrected chi connectivity index (χ4v) is 5.05. The number of nitrogens with one attached hydrogen (secondary N) is 2. The van der Waals surface area contributed by atoms with Gasteiger partial charge in [-0.1, -0.05) is 32.9 Å². The monoisotopic (exact) mass is 467 g/mol. The van der Waals surface area contributed by atoms with E-state index in [-0.39, 0.29) is 36.6 Å². The molecule has 3 N–H and O–H groups in total. The number of aliphatic hydroxyl groups excluding tert-OH is 1. The summed E-state index contributed by atoms with van der Waals surface area (Å²) in [6.07, 6.45) is 2.34. The van der Waals surface area contributed by atoms with Gasteiger partial charge < -0.3 is 20.6 Å². The highest BCUT2D eigenvalue weighted by molar-refractivity contribution is 5.89. The van der Waals surface area contributed by atoms with Crippen molar-refractivity contribution in [3.05, 3.63) is 41.1 Å². The molecule has 2 aliphatic heterocycles. The quantitative estimate of drug-likeness (QED) is 0.579. The number of hydrogen-bond donors (Lipinski definition) is 3. The number of benzene rings is 1. The molecule has 0 spiro atoms. The lowest BCUT2D eigenvalue weighted by molar-refractivity contribution is -0.142. The lowest BCUT2D eigenvalue weighted by atomic mass is 9.90. The van der Waals surface area contributed by atoms with Crippen molar-refractivity contribution in [2.45, 2.75) is 72.3 Å². The molecule has 2 aromatic rings. The maximum absolute atomic E-state index is 13.1. The molecule has 0 saturated carbocycles. The van der Waals surface area contributed by atoms with Crippen LogP contribution in [0.15, 0.2) is 24.4 Å². The normalized spacial score (nSPS) is 20.9. The van der Waals surface area contributed by atoms with Crippen LogP contribution in [0.5, 0.6) is 0 Å². The zero-order chi connectivity index (χ0) is 24.4. The van der Waals surface area contributed by atoms with E-state index in [2.05, 4.69) is 34.8 Å². The van der Waals surface area contributed by atoms with Crippen LogP contribution >= 0.6 is 0 Å². The van der Waals surface area contributed by atoms with Gasteiger partial charge >= 0.3 is 0 Å². The Morgan fingerprint density at radius 1 is 1.24 bits per heavy atom. The smallest absolute Gasteiger partial charge is 0.243 e. The Kier molecular flexibility index (Phi) is 7.38. The number of β-amino-alcohol motifs (C(OH)–C–C–N with tert-alkyl or cyclic N) is 1. The second-order valence-electron chi connectivity index (χ2n) is 9.83. The van der Waals surface area contributed by atoms with Gasteiger partial charge in [-0.3, -0.25) is 14.3 Å². The molecule has 184 valence electrons. The highest BCUT2D eigenvalue weighted by Crippen LogP contribution is 2.31. The summed E-state index contributed by atoms with van der Waals surface area (Å²) in [6, 6.07) is 5.64. The number of likely N-dealkylation sites (tertiary alicyclic amines) is 1. The SMILES string of the molecule is CCn1nccc1-c1ccc(CNC(=O)C2CC(O)CN2C(=O)C(C)C(C)C)c2c1CNCC2. The van der Waals surface area contributed by atoms with Gasteiger partial charge in [-0.25, -0.2) is 0 Å². The van der Waals surface area contributed by atoms with Crippen molar-refractivity contribution in [2.24, 2.45) is 11.8 Å². The van der Waals surface area contributed by atoms with Gasteiger partial charge in [-0.05, 0) is 48.6 Å². The number of carbonyl (C=O) groups is 2. The Morgan fingerprint density at radius 3 is 2.76 bits per heavy atom. The summed E-state index contributed by atoms with van der Waals surface area (Å²) in [5.74, 6) is -0.274. The Hall–Kier alpha value is -2.71. The third-order valence-electron chi connectivity index (χ3n) is 7.38. The lowest BCUT2D eigenvalue weighted by Crippen LogP contribution is -2.48. The average Bonchev–Trinajstić information content (AvgIpc) is 3.47. The standard InChI is InChI=1S/C26H37N5O3/c1-5-31-23(9-11-29-31)21-7-6-18(20-8-10-27-14-22(20)21)13-28-25(33)24-12-19(32)15-30(24)26(34)17(4)16(2)3/h6-7,9,11,16-17,19,24,27,32H,5,8,10,12-15H2,1-4H3,(H,28,33). The van der Waals surface area contributed by atoms with E-state index in [0.717, 1.165) is 37.3 Å². The van der Waals surface area contributed by atoms with Gasteiger partial charge in [0.05, 0.1) is 11.8 Å². The van der Waals surface area contributed by atoms with Crippen molar-refractivity contribution in [3.63, 3.8) is 0 Å². The molecule has 1 aromatic carbocycles. The molecule has 3 atom stereocenters. The van der Waals surface area contributed by atoms with Gasteiger partial charge in [0, 0.05) is 50.3 Å². The summed E-state index contributed by atoms with van der Waals surface area (Å²) in [5, 5.41) is 21.2. The molecule has 1 fully saturated rings. The number of aliphatic hydroxyl groups is 1. The maximum atomic E-state index is 13.1. The highest BCUT2D eigenvalue weighted by atomic mass is 16.3. The third kappa shape index (κ3) is 4.74. The molecule has 3 heterocycles. The highest BCUT2D eigenvalue weighted by Gasteiger charge is 2.40. The van der Waals surface area contributed by atoms with Crippen LogP contribution in [-0.2, 0) is 35.6 Å². The average molecular weight is 468 g/mol. The molecule has 4 rings (SSSR count). The van der Waals surface area contributed by atoms with Crippen LogP contribution in [0.2, 0.25) is 0 Å². The molecule has 34 heavy (non-hydrogen) atoms. The molecule has 3 unspecified atom stereocenters. The number of carbonyl (C=O) groups excluding carboxylic acids is 2. The summed E-state index contributed by atoms with van der Waals surface area (Å²) >= 11 is 0. The van der Waals surface area contributed by atoms with E-state index < -0.39 is 12.1 Å². The first-order chi connectivity index (χ1) is 16.3. The molecule has 1 saturated heterocycles. The summed E-state index contributed by atoms with van der Waals surface area (Å²) in [7, 11) is 0. The minimum atomic E-state index is -0.666. The van der Waals surface area contributed by atoms with Crippen LogP contribution in [0.3, 0.4) is 0 Å². The lowest BCUT2D eigenvalue weighted by Gasteiger charge is -2.28. The maximum Gasteiger partial charge on any atom is 0.243 e. The molecule has 0 aliphatic carbocycles. The molecular formula is C26H37N5O3. The van der Waals surface area contributed by atoms with Crippen LogP contribution in [0.1, 0.15) is 50.8 Å². The van der Waals surface area contributed by atoms with Crippen molar-refractivity contribution in [1.29, 1.82) is 0 Å². The summed E-state index contributed by atoms with van der Waals surface area (Å²) in [6.45, 7) is 11.1. The fraction of sp³-hybridized carbons (Fsp3) is 0.577. The molecule has 2 aliphatic rings. The van der Waals surface area contributed by atoms with Crippen LogP contribution in [0.4, 0.5) is 0 Å². The zero-order valence-corrected chi connectivity index (χ0v) is 20.7. The Bertz CT molecular complexity index is 1050. The predicted molar refractivity (Wildman–Crippen MR) is 131 cm³/mol. The van der Waals surface area contributed by atoms with Crippen LogP contribution in [0.25, 0.3) is 11.3 Å². The van der Waals surface area contributed by atoms with Gasteiger partial charge in [0.25, 0.3) is 0 Å². The first-order valence-electron chi connectivity index (χ1n) is 12.4. The Labute approximate surface area is 201 Å². The summed E-state index contributed by atoms with van der Waals surface area (Å²) in [5.41, 5.74) is 5.91. The van der Waals surface area contributed by atoms with Gasteiger partial charge in [0.15, 0.2) is 0 Å². The Morgan fingerprint density at radius 2 is 2.03 bits per heavy atom. The third-order valence-corrected chi connectivity index (χ3v) is 7.38. The van der Waals surface area contributed by atoms with Gasteiger partial charge in [0.2, 0.25) is 11.8 Å². The van der Waals surface area contributed by atoms with E-state index >= 15 is 0 Å². The molecule has 0 bridgehead atoms. The van der Waals surface area contributed by atoms with E-state index in [9.17, 15) is 14.7 Å². The molecular weight excluding hydrogens is 430 g/mol. The molecule has 8 nitrogen and oxygen atoms in total. The van der Waals surface area contributed by atoms with Crippen LogP contribution in [0, 0.1) is 11.8 Å². The van der Waals surface area contributed by atoms with Crippen LogP contribution < -0.4 is 10.6 Å². The van der Waals surface area contributed by atoms with Crippen molar-refractivity contribution in [2.75, 3.05) is 13.1 Å². The number of nitrogens with zero attached hydrogens (tertiary/aromatic N) is 3. The second-order valence-corrected chi connectivity index (χ2v) is 9.83. The zero-order valence-electron chi connectivity index (χ0n) is 20.7. The van der Waals surface area contributed by atoms with E-state index in [1.54, 1.807) is 4.90 Å². The largest absolute Gasteiger partial charge is 0.391 e. The molecule has 1 aromatic heterocycles. The van der Waals surface area contributed by atoms with Crippen molar-refractivity contribution >= 4 is 11.8 Å². The number of amides is 2. The van der Waals surface area contributed by atoms with Gasteiger partial charge in [-0.2, -0.15) is 5.10 Å². The molecule has 2 amide bonds. The van der Waals surface area contributed by atoms with E-state index in [1.165, 1.54) is 16.7 Å². The summed E-state index contributed by atoms with van der Waals surface area (Å²) < 4.78 is 2.00. The first-order valence-corrected chi connectivity index (χ1v) is 12.4. The second kappa shape index (κ2) is 10.3. The van der Waals surface area contributed by atoms with E-state index in [4.69, 9.17) is 0 Å². The number of aromatic nitrogens is 2. The van der Waals surface area contributed by atoms with Crippen LogP contribution in [-0.4, -0.2) is 56.8 Å². The predicted octanol–water partition coefficient (Wildman–Crippen LogP) is 2.09. The molecule has 0 radical (unpaired) electrons. The minimum absolute atomic E-state index is 0.0629. The van der Waals surface area contributed by atoms with E-state index in [0.29, 0.717) is 6.54 Å². The van der Waals surface area contributed by atoms with Gasteiger partial charge in [0.1, 0.15) is 6.04 Å². The fourth-order valence-electron chi connectivity index (χ4n) is 5.05. The number of aryl methyl sites for hydroxylation is 1. The van der Waals surface area contributed by atoms with Gasteiger partial charge in [-0.15, -0.1) is 0 Å². The number of fused-ring (bicyclic) bond motifs is 1. The van der Waals surface area contributed by atoms with E-state index in [1.807, 2.05) is 37.7 Å². The number of rotatable bonds is 7. The summed E-state index contributed by atoms with van der Waals surface area (Å²) in [4.78, 5) is 27.6. The van der Waals surface area contributed by atoms with Crippen molar-refractivity contribution in [3.8, 4) is 11.3 Å². The van der Waals surface area contributed by atoms with Crippen molar-refractivity contribution < 1.29 is 14.7 Å².